The molecule has 1 spiro atoms. The molecule has 2 saturated heterocycles. The maximum Gasteiger partial charge on any atom is 0.244 e. The van der Waals surface area contributed by atoms with E-state index in [1.807, 2.05) is 24.1 Å². The molecule has 144 valence electrons. The molecule has 6 nitrogen and oxygen atoms in total. The Hall–Kier alpha value is -2.34. The van der Waals surface area contributed by atoms with Crippen molar-refractivity contribution in [2.75, 3.05) is 31.6 Å². The smallest absolute Gasteiger partial charge is 0.244 e. The molecule has 0 unspecified atom stereocenters. The lowest BCUT2D eigenvalue weighted by molar-refractivity contribution is -0.136. The minimum atomic E-state index is -0.0766. The molecule has 4 rings (SSSR count). The lowest BCUT2D eigenvalue weighted by Crippen LogP contribution is -2.47. The zero-order valence-corrected chi connectivity index (χ0v) is 16.2. The number of likely N-dealkylation sites (N-methyl/N-ethyl adjacent to an activating group) is 1. The standard InChI is InChI=1S/C21H28N4O2/c1-17-13-22-25(14-17)15-20(26)24-10-8-21(9-11-24)12-19(16-27-21)23(2)18-6-4-3-5-7-18/h3-7,13-14,19H,8-12,15-16H2,1-2H3/t19-/m1/s1. The number of aromatic nitrogens is 2. The second-order valence-electron chi connectivity index (χ2n) is 7.89. The van der Waals surface area contributed by atoms with E-state index in [0.29, 0.717) is 12.6 Å². The summed E-state index contributed by atoms with van der Waals surface area (Å²) >= 11 is 0. The summed E-state index contributed by atoms with van der Waals surface area (Å²) in [4.78, 5) is 16.8. The van der Waals surface area contributed by atoms with Crippen LogP contribution in [0.3, 0.4) is 0 Å². The van der Waals surface area contributed by atoms with Gasteiger partial charge < -0.3 is 14.5 Å². The highest BCUT2D eigenvalue weighted by Gasteiger charge is 2.44. The highest BCUT2D eigenvalue weighted by Crippen LogP contribution is 2.38. The van der Waals surface area contributed by atoms with Gasteiger partial charge >= 0.3 is 0 Å². The number of aryl methyl sites for hydroxylation is 1. The number of benzene rings is 1. The molecule has 0 radical (unpaired) electrons. The monoisotopic (exact) mass is 368 g/mol. The molecule has 0 aliphatic carbocycles. The molecular formula is C21H28N4O2. The van der Waals surface area contributed by atoms with E-state index in [1.165, 1.54) is 5.69 Å². The summed E-state index contributed by atoms with van der Waals surface area (Å²) in [7, 11) is 2.15. The lowest BCUT2D eigenvalue weighted by Gasteiger charge is -2.39. The molecule has 1 aromatic carbocycles. The van der Waals surface area contributed by atoms with Crippen LogP contribution in [0.15, 0.2) is 42.7 Å². The van der Waals surface area contributed by atoms with Crippen molar-refractivity contribution in [2.45, 2.75) is 44.4 Å². The first-order valence-corrected chi connectivity index (χ1v) is 9.73. The maximum atomic E-state index is 12.6. The lowest BCUT2D eigenvalue weighted by atomic mass is 9.87. The summed E-state index contributed by atoms with van der Waals surface area (Å²) in [6.07, 6.45) is 6.55. The van der Waals surface area contributed by atoms with E-state index in [-0.39, 0.29) is 11.5 Å². The van der Waals surface area contributed by atoms with Gasteiger partial charge in [0.05, 0.1) is 24.4 Å². The van der Waals surface area contributed by atoms with Crippen molar-refractivity contribution in [2.24, 2.45) is 0 Å². The number of amides is 1. The fourth-order valence-corrected chi connectivity index (χ4v) is 4.25. The first kappa shape index (κ1) is 18.0. The average molecular weight is 368 g/mol. The first-order valence-electron chi connectivity index (χ1n) is 9.73. The average Bonchev–Trinajstić information content (AvgIpc) is 3.29. The van der Waals surface area contributed by atoms with E-state index in [0.717, 1.165) is 44.5 Å². The van der Waals surface area contributed by atoms with Crippen LogP contribution in [-0.2, 0) is 16.1 Å². The highest BCUT2D eigenvalue weighted by molar-refractivity contribution is 5.76. The largest absolute Gasteiger partial charge is 0.373 e. The van der Waals surface area contributed by atoms with E-state index < -0.39 is 0 Å². The fourth-order valence-electron chi connectivity index (χ4n) is 4.25. The Labute approximate surface area is 160 Å². The Bertz CT molecular complexity index is 780. The molecule has 2 aliphatic rings. The Morgan fingerprint density at radius 3 is 2.70 bits per heavy atom. The number of carbonyl (C=O) groups is 1. The van der Waals surface area contributed by atoms with Gasteiger partial charge in [-0.1, -0.05) is 18.2 Å². The third-order valence-electron chi connectivity index (χ3n) is 5.99. The van der Waals surface area contributed by atoms with Crippen LogP contribution >= 0.6 is 0 Å². The molecule has 1 atom stereocenters. The summed E-state index contributed by atoms with van der Waals surface area (Å²) in [5, 5.41) is 4.22. The molecule has 6 heteroatoms. The summed E-state index contributed by atoms with van der Waals surface area (Å²) in [5.41, 5.74) is 2.23. The number of rotatable bonds is 4. The van der Waals surface area contributed by atoms with Crippen molar-refractivity contribution < 1.29 is 9.53 Å². The molecular weight excluding hydrogens is 340 g/mol. The van der Waals surface area contributed by atoms with E-state index in [4.69, 9.17) is 4.74 Å². The molecule has 0 bridgehead atoms. The van der Waals surface area contributed by atoms with Gasteiger partial charge in [-0.2, -0.15) is 5.10 Å². The van der Waals surface area contributed by atoms with Gasteiger partial charge in [-0.3, -0.25) is 9.48 Å². The molecule has 1 aromatic heterocycles. The molecule has 0 N–H and O–H groups in total. The predicted molar refractivity (Wildman–Crippen MR) is 105 cm³/mol. The molecule has 2 aromatic rings. The normalized spacial score (nSPS) is 21.6. The maximum absolute atomic E-state index is 12.6. The van der Waals surface area contributed by atoms with E-state index in [1.54, 1.807) is 10.9 Å². The van der Waals surface area contributed by atoms with Crippen molar-refractivity contribution in [1.82, 2.24) is 14.7 Å². The van der Waals surface area contributed by atoms with Crippen molar-refractivity contribution in [1.29, 1.82) is 0 Å². The number of likely N-dealkylation sites (tertiary alicyclic amines) is 1. The number of carbonyl (C=O) groups excluding carboxylic acids is 1. The van der Waals surface area contributed by atoms with Crippen LogP contribution in [-0.4, -0.2) is 59.0 Å². The fraction of sp³-hybridized carbons (Fsp3) is 0.524. The zero-order chi connectivity index (χ0) is 18.9. The minimum Gasteiger partial charge on any atom is -0.373 e. The summed E-state index contributed by atoms with van der Waals surface area (Å²) in [5.74, 6) is 0.143. The van der Waals surface area contributed by atoms with Gasteiger partial charge in [0.15, 0.2) is 0 Å². The van der Waals surface area contributed by atoms with Gasteiger partial charge in [0.25, 0.3) is 0 Å². The van der Waals surface area contributed by atoms with Gasteiger partial charge in [-0.25, -0.2) is 0 Å². The van der Waals surface area contributed by atoms with Crippen molar-refractivity contribution in [3.8, 4) is 0 Å². The number of anilines is 1. The van der Waals surface area contributed by atoms with Crippen molar-refractivity contribution in [3.63, 3.8) is 0 Å². The zero-order valence-electron chi connectivity index (χ0n) is 16.2. The van der Waals surface area contributed by atoms with E-state index in [9.17, 15) is 4.79 Å². The van der Waals surface area contributed by atoms with Gasteiger partial charge in [0.1, 0.15) is 6.54 Å². The number of para-hydroxylation sites is 1. The number of hydrogen-bond acceptors (Lipinski definition) is 4. The minimum absolute atomic E-state index is 0.0766. The summed E-state index contributed by atoms with van der Waals surface area (Å²) < 4.78 is 8.01. The van der Waals surface area contributed by atoms with Crippen LogP contribution in [0.2, 0.25) is 0 Å². The number of piperidine rings is 1. The third kappa shape index (κ3) is 3.86. The Balaban J connectivity index is 1.31. The van der Waals surface area contributed by atoms with E-state index in [2.05, 4.69) is 41.3 Å². The second kappa shape index (κ2) is 7.35. The molecule has 2 aliphatic heterocycles. The Kier molecular flexibility index (Phi) is 4.91. The van der Waals surface area contributed by atoms with E-state index >= 15 is 0 Å². The van der Waals surface area contributed by atoms with Gasteiger partial charge in [-0.05, 0) is 43.9 Å². The van der Waals surface area contributed by atoms with Gasteiger partial charge in [0.2, 0.25) is 5.91 Å². The molecule has 27 heavy (non-hydrogen) atoms. The molecule has 2 fully saturated rings. The molecule has 3 heterocycles. The predicted octanol–water partition coefficient (Wildman–Crippen LogP) is 2.48. The highest BCUT2D eigenvalue weighted by atomic mass is 16.5. The summed E-state index contributed by atoms with van der Waals surface area (Å²) in [6.45, 7) is 4.59. The van der Waals surface area contributed by atoms with Crippen LogP contribution < -0.4 is 4.90 Å². The topological polar surface area (TPSA) is 50.6 Å². The van der Waals surface area contributed by atoms with Crippen molar-refractivity contribution >= 4 is 11.6 Å². The van der Waals surface area contributed by atoms with Crippen LogP contribution in [0.1, 0.15) is 24.8 Å². The quantitative estimate of drug-likeness (QED) is 0.832. The van der Waals surface area contributed by atoms with Crippen LogP contribution in [0.5, 0.6) is 0 Å². The molecule has 0 saturated carbocycles. The number of hydrogen-bond donors (Lipinski definition) is 0. The Morgan fingerprint density at radius 1 is 1.30 bits per heavy atom. The number of nitrogens with zero attached hydrogens (tertiary/aromatic N) is 4. The van der Waals surface area contributed by atoms with Gasteiger partial charge in [0, 0.05) is 32.0 Å². The second-order valence-corrected chi connectivity index (χ2v) is 7.89. The van der Waals surface area contributed by atoms with Gasteiger partial charge in [-0.15, -0.1) is 0 Å². The van der Waals surface area contributed by atoms with Crippen LogP contribution in [0, 0.1) is 6.92 Å². The van der Waals surface area contributed by atoms with Crippen LogP contribution in [0.4, 0.5) is 5.69 Å². The Morgan fingerprint density at radius 2 is 2.04 bits per heavy atom. The third-order valence-corrected chi connectivity index (χ3v) is 5.99. The first-order chi connectivity index (χ1) is 13.0. The number of ether oxygens (including phenoxy) is 1. The summed E-state index contributed by atoms with van der Waals surface area (Å²) in [6, 6.07) is 10.9. The van der Waals surface area contributed by atoms with Crippen molar-refractivity contribution in [3.05, 3.63) is 48.3 Å². The van der Waals surface area contributed by atoms with Crippen LogP contribution in [0.25, 0.3) is 0 Å². The SMILES string of the molecule is Cc1cnn(CC(=O)N2CCC3(CC2)C[C@@H](N(C)c2ccccc2)CO3)c1. The molecule has 1 amide bonds.